The Morgan fingerprint density at radius 3 is 2.97 bits per heavy atom. The van der Waals surface area contributed by atoms with Gasteiger partial charge in [0.25, 0.3) is 0 Å². The highest BCUT2D eigenvalue weighted by Crippen LogP contribution is 2.31. The lowest BCUT2D eigenvalue weighted by Gasteiger charge is -2.25. The lowest BCUT2D eigenvalue weighted by molar-refractivity contribution is -0.121. The quantitative estimate of drug-likeness (QED) is 0.326. The van der Waals surface area contributed by atoms with Gasteiger partial charge in [-0.15, -0.1) is 0 Å². The molecule has 2 aromatic heterocycles. The van der Waals surface area contributed by atoms with Crippen LogP contribution in [0.5, 0.6) is 0 Å². The third kappa shape index (κ3) is 6.19. The number of rotatable bonds is 11. The van der Waals surface area contributed by atoms with E-state index in [1.54, 1.807) is 18.0 Å². The second-order valence-electron chi connectivity index (χ2n) is 9.38. The number of aromatic nitrogens is 3. The molecule has 2 aliphatic rings. The third-order valence-corrected chi connectivity index (χ3v) is 7.59. The van der Waals surface area contributed by atoms with Crippen LogP contribution in [0.1, 0.15) is 56.8 Å². The van der Waals surface area contributed by atoms with Gasteiger partial charge >= 0.3 is 0 Å². The minimum absolute atomic E-state index is 0.0458. The predicted molar refractivity (Wildman–Crippen MR) is 146 cm³/mol. The summed E-state index contributed by atoms with van der Waals surface area (Å²) in [7, 11) is 0. The molecule has 0 bridgehead atoms. The maximum absolute atomic E-state index is 13.1. The maximum Gasteiger partial charge on any atom is 0.226 e. The lowest BCUT2D eigenvalue weighted by Crippen LogP contribution is -2.34. The van der Waals surface area contributed by atoms with Gasteiger partial charge in [0.15, 0.2) is 5.17 Å². The number of imidazole rings is 1. The summed E-state index contributed by atoms with van der Waals surface area (Å²) in [4.78, 5) is 43.2. The normalized spacial score (nSPS) is 15.7. The van der Waals surface area contributed by atoms with Gasteiger partial charge in [0.2, 0.25) is 11.8 Å². The molecule has 5 rings (SSSR count). The van der Waals surface area contributed by atoms with Crippen LogP contribution in [0.3, 0.4) is 0 Å². The minimum atomic E-state index is -0.283. The number of hydrogen-bond donors (Lipinski definition) is 3. The second-order valence-corrected chi connectivity index (χ2v) is 10.2. The van der Waals surface area contributed by atoms with Crippen LogP contribution >= 0.6 is 11.8 Å². The van der Waals surface area contributed by atoms with Crippen molar-refractivity contribution in [3.05, 3.63) is 59.8 Å². The highest BCUT2D eigenvalue weighted by atomic mass is 32.2. The van der Waals surface area contributed by atoms with Crippen molar-refractivity contribution in [1.29, 1.82) is 0 Å². The van der Waals surface area contributed by atoms with Gasteiger partial charge in [-0.3, -0.25) is 19.6 Å². The summed E-state index contributed by atoms with van der Waals surface area (Å²) in [5, 5.41) is 8.40. The number of hydrogen-bond acceptors (Lipinski definition) is 7. The molecule has 4 N–H and O–H groups in total. The zero-order chi connectivity index (χ0) is 25.6. The van der Waals surface area contributed by atoms with E-state index >= 15 is 0 Å². The maximum atomic E-state index is 13.1. The van der Waals surface area contributed by atoms with Crippen LogP contribution in [0, 0.1) is 0 Å². The van der Waals surface area contributed by atoms with Crippen molar-refractivity contribution in [2.45, 2.75) is 51.0 Å². The number of pyridine rings is 1. The van der Waals surface area contributed by atoms with E-state index in [0.717, 1.165) is 77.5 Å². The van der Waals surface area contributed by atoms with Gasteiger partial charge in [0.1, 0.15) is 5.82 Å². The number of benzene rings is 1. The Bertz CT molecular complexity index is 1350. The van der Waals surface area contributed by atoms with Crippen molar-refractivity contribution < 1.29 is 9.59 Å². The van der Waals surface area contributed by atoms with E-state index in [1.807, 2.05) is 23.9 Å². The summed E-state index contributed by atoms with van der Waals surface area (Å²) in [6.45, 7) is 1.75. The Kier molecular flexibility index (Phi) is 7.84. The molecule has 192 valence electrons. The number of primary amides is 1. The number of aliphatic imine (C=N–C) groups is 1. The zero-order valence-electron chi connectivity index (χ0n) is 20.7. The van der Waals surface area contributed by atoms with Crippen molar-refractivity contribution in [2.75, 3.05) is 13.1 Å². The number of nitrogens with two attached hydrogens (primary N) is 1. The molecule has 0 unspecified atom stereocenters. The first kappa shape index (κ1) is 25.0. The number of thioether (sulfide) groups is 1. The van der Waals surface area contributed by atoms with E-state index in [1.165, 1.54) is 0 Å². The highest BCUT2D eigenvalue weighted by Gasteiger charge is 2.27. The molecule has 0 saturated carbocycles. The summed E-state index contributed by atoms with van der Waals surface area (Å²) in [5.74, 6) is 0.393. The number of fused-ring (bicyclic) bond motifs is 2. The van der Waals surface area contributed by atoms with Crippen LogP contribution in [0.25, 0.3) is 22.0 Å². The fourth-order valence-electron chi connectivity index (χ4n) is 4.70. The number of carbonyl (C=O) groups excluding carboxylic acids is 2. The summed E-state index contributed by atoms with van der Waals surface area (Å²) in [6, 6.07) is 7.92. The first-order valence-corrected chi connectivity index (χ1v) is 13.6. The molecule has 4 heterocycles. The Labute approximate surface area is 220 Å². The molecule has 2 aliphatic heterocycles. The van der Waals surface area contributed by atoms with Crippen LogP contribution in [0.2, 0.25) is 0 Å². The fraction of sp³-hybridized carbons (Fsp3) is 0.370. The van der Waals surface area contributed by atoms with Crippen LogP contribution in [-0.2, 0) is 9.59 Å². The molecule has 0 aliphatic carbocycles. The average Bonchev–Trinajstić information content (AvgIpc) is 3.55. The summed E-state index contributed by atoms with van der Waals surface area (Å²) in [5.41, 5.74) is 8.16. The predicted octanol–water partition coefficient (Wildman–Crippen LogP) is 4.26. The van der Waals surface area contributed by atoms with Crippen LogP contribution < -0.4 is 11.1 Å². The number of carbonyl (C=O) groups is 2. The molecular weight excluding hydrogens is 486 g/mol. The van der Waals surface area contributed by atoms with Gasteiger partial charge in [0.05, 0.1) is 24.4 Å². The molecular formula is C27H31N7O2S. The molecule has 1 aromatic carbocycles. The number of amides is 2. The average molecular weight is 518 g/mol. The topological polar surface area (TPSA) is 129 Å². The van der Waals surface area contributed by atoms with Crippen LogP contribution in [0.4, 0.5) is 0 Å². The number of nitrogens with one attached hydrogen (secondary N) is 2. The van der Waals surface area contributed by atoms with Crippen LogP contribution in [0.15, 0.2) is 59.0 Å². The van der Waals surface area contributed by atoms with Crippen molar-refractivity contribution in [3.63, 3.8) is 0 Å². The lowest BCUT2D eigenvalue weighted by atomic mass is 10.1. The van der Waals surface area contributed by atoms with Gasteiger partial charge in [0, 0.05) is 48.6 Å². The van der Waals surface area contributed by atoms with Crippen molar-refractivity contribution in [1.82, 2.24) is 25.2 Å². The second kappa shape index (κ2) is 11.6. The molecule has 0 saturated heterocycles. The fourth-order valence-corrected chi connectivity index (χ4v) is 5.65. The van der Waals surface area contributed by atoms with Gasteiger partial charge in [-0.25, -0.2) is 4.98 Å². The molecule has 3 aromatic rings. The van der Waals surface area contributed by atoms with Crippen molar-refractivity contribution >= 4 is 39.5 Å². The Morgan fingerprint density at radius 1 is 1.16 bits per heavy atom. The minimum Gasteiger partial charge on any atom is -0.370 e. The molecule has 0 spiro atoms. The highest BCUT2D eigenvalue weighted by molar-refractivity contribution is 8.16. The molecule has 0 fully saturated rings. The van der Waals surface area contributed by atoms with E-state index in [2.05, 4.69) is 48.4 Å². The summed E-state index contributed by atoms with van der Waals surface area (Å²) in [6.07, 6.45) is 10.3. The first-order valence-electron chi connectivity index (χ1n) is 12.7. The summed E-state index contributed by atoms with van der Waals surface area (Å²) < 4.78 is 0. The van der Waals surface area contributed by atoms with E-state index < -0.39 is 0 Å². The smallest absolute Gasteiger partial charge is 0.226 e. The Balaban J connectivity index is 1.28. The monoisotopic (exact) mass is 517 g/mol. The number of H-pyrrole nitrogens is 1. The third-order valence-electron chi connectivity index (χ3n) is 6.63. The standard InChI is InChI=1S/C27H31N7O2S/c28-24(35)6-3-1-2-5-22(32-25(36)14-21-17-37-27-30-10-4-12-34(21)27)26-31-16-23(33-26)19-8-7-18-9-11-29-15-20(18)13-19/h7-9,11,13,15-17,22H,1-6,10,12,14H2,(H2,28,35)(H,31,33)(H,32,36)/t22-/m0/s1. The zero-order valence-corrected chi connectivity index (χ0v) is 21.5. The number of nitrogens with zero attached hydrogens (tertiary/aromatic N) is 4. The van der Waals surface area contributed by atoms with Gasteiger partial charge in [-0.05, 0) is 42.2 Å². The van der Waals surface area contributed by atoms with E-state index in [-0.39, 0.29) is 17.9 Å². The van der Waals surface area contributed by atoms with E-state index in [9.17, 15) is 9.59 Å². The number of unbranched alkanes of at least 4 members (excludes halogenated alkanes) is 2. The van der Waals surface area contributed by atoms with Crippen LogP contribution in [-0.4, -0.2) is 49.9 Å². The SMILES string of the molecule is NC(=O)CCCCC[C@H](NC(=O)CC1=CSC2=NCCCN12)c1ncc(-c2ccc3ccncc3c2)[nH]1. The Hall–Kier alpha value is -3.66. The first-order chi connectivity index (χ1) is 18.1. The molecule has 2 amide bonds. The largest absolute Gasteiger partial charge is 0.370 e. The Morgan fingerprint density at radius 2 is 2.08 bits per heavy atom. The molecule has 37 heavy (non-hydrogen) atoms. The molecule has 9 nitrogen and oxygen atoms in total. The van der Waals surface area contributed by atoms with Gasteiger partial charge in [-0.2, -0.15) is 0 Å². The molecule has 0 radical (unpaired) electrons. The van der Waals surface area contributed by atoms with Gasteiger partial charge < -0.3 is 20.9 Å². The van der Waals surface area contributed by atoms with E-state index in [4.69, 9.17) is 5.73 Å². The molecule has 10 heteroatoms. The molecule has 1 atom stereocenters. The number of amidine groups is 1. The summed E-state index contributed by atoms with van der Waals surface area (Å²) >= 11 is 1.59. The van der Waals surface area contributed by atoms with E-state index in [0.29, 0.717) is 19.3 Å². The van der Waals surface area contributed by atoms with Gasteiger partial charge in [-0.1, -0.05) is 36.7 Å². The van der Waals surface area contributed by atoms with Crippen molar-refractivity contribution in [3.8, 4) is 11.3 Å². The number of aromatic amines is 1. The van der Waals surface area contributed by atoms with Crippen molar-refractivity contribution in [2.24, 2.45) is 10.7 Å².